The Morgan fingerprint density at radius 3 is 2.83 bits per heavy atom. The molecule has 7 nitrogen and oxygen atoms in total. The molecule has 1 spiro atoms. The van der Waals surface area contributed by atoms with Gasteiger partial charge in [-0.15, -0.1) is 0 Å². The van der Waals surface area contributed by atoms with Crippen LogP contribution in [0.15, 0.2) is 63.9 Å². The Bertz CT molecular complexity index is 1380. The molecule has 178 valence electrons. The van der Waals surface area contributed by atoms with Crippen molar-refractivity contribution in [2.24, 2.45) is 5.92 Å². The van der Waals surface area contributed by atoms with E-state index in [1.165, 1.54) is 23.6 Å². The summed E-state index contributed by atoms with van der Waals surface area (Å²) in [7, 11) is 6.20. The molecule has 1 saturated heterocycles. The second-order valence-electron chi connectivity index (χ2n) is 10.7. The quantitative estimate of drug-likeness (QED) is 0.523. The summed E-state index contributed by atoms with van der Waals surface area (Å²) in [4.78, 5) is 22.0. The number of anilines is 1. The van der Waals surface area contributed by atoms with Crippen molar-refractivity contribution < 1.29 is 0 Å². The number of allylic oxidation sites excluding steroid dienone is 4. The molecule has 0 aromatic carbocycles. The fraction of sp³-hybridized carbons (Fsp3) is 0.444. The minimum absolute atomic E-state index is 0.0944. The first kappa shape index (κ1) is 22.3. The molecule has 2 radical (unpaired) electrons. The van der Waals surface area contributed by atoms with Gasteiger partial charge in [-0.1, -0.05) is 5.57 Å². The number of piperazine rings is 1. The average molecular weight is 466 g/mol. The number of nitrogens with zero attached hydrogens (tertiary/aromatic N) is 4. The highest BCUT2D eigenvalue weighted by Gasteiger charge is 2.49. The Morgan fingerprint density at radius 2 is 2.11 bits per heavy atom. The van der Waals surface area contributed by atoms with Crippen molar-refractivity contribution in [3.05, 3.63) is 75.1 Å². The summed E-state index contributed by atoms with van der Waals surface area (Å²) < 4.78 is 1.59. The van der Waals surface area contributed by atoms with Crippen molar-refractivity contribution >= 4 is 25.0 Å². The van der Waals surface area contributed by atoms with Crippen LogP contribution in [-0.4, -0.2) is 53.1 Å². The van der Waals surface area contributed by atoms with E-state index in [2.05, 4.69) is 29.0 Å². The van der Waals surface area contributed by atoms with Gasteiger partial charge in [0.2, 0.25) is 0 Å². The summed E-state index contributed by atoms with van der Waals surface area (Å²) in [5, 5.41) is 12.2. The van der Waals surface area contributed by atoms with Crippen LogP contribution in [0.5, 0.6) is 0 Å². The third-order valence-electron chi connectivity index (χ3n) is 8.00. The van der Waals surface area contributed by atoms with Crippen LogP contribution in [0.2, 0.25) is 0 Å². The Labute approximate surface area is 207 Å². The minimum atomic E-state index is -0.165. The van der Waals surface area contributed by atoms with Crippen LogP contribution >= 0.6 is 0 Å². The zero-order valence-corrected chi connectivity index (χ0v) is 20.5. The van der Waals surface area contributed by atoms with Crippen LogP contribution in [0.4, 0.5) is 5.69 Å². The first-order chi connectivity index (χ1) is 16.8. The van der Waals surface area contributed by atoms with E-state index in [9.17, 15) is 4.79 Å². The fourth-order valence-corrected chi connectivity index (χ4v) is 5.62. The zero-order valence-electron chi connectivity index (χ0n) is 20.5. The number of fused-ring (bicyclic) bond motifs is 2. The molecule has 3 heterocycles. The molecule has 3 fully saturated rings. The van der Waals surface area contributed by atoms with Gasteiger partial charge in [-0.05, 0) is 87.4 Å². The molecule has 0 amide bonds. The molecule has 0 bridgehead atoms. The summed E-state index contributed by atoms with van der Waals surface area (Å²) in [5.41, 5.74) is 7.14. The van der Waals surface area contributed by atoms with E-state index in [1.54, 1.807) is 4.40 Å². The molecule has 1 aliphatic heterocycles. The van der Waals surface area contributed by atoms with Crippen LogP contribution in [0.3, 0.4) is 0 Å². The summed E-state index contributed by atoms with van der Waals surface area (Å²) in [6, 6.07) is 5.39. The zero-order chi connectivity index (χ0) is 24.3. The Kier molecular flexibility index (Phi) is 5.25. The summed E-state index contributed by atoms with van der Waals surface area (Å²) in [6.07, 6.45) is 11.3. The highest BCUT2D eigenvalue weighted by molar-refractivity contribution is 6.06. The second-order valence-corrected chi connectivity index (χ2v) is 10.7. The first-order valence-electron chi connectivity index (χ1n) is 12.6. The number of nitrogens with one attached hydrogen (secondary N) is 2. The lowest BCUT2D eigenvalue weighted by Gasteiger charge is -2.41. The Balaban J connectivity index is 1.27. The van der Waals surface area contributed by atoms with E-state index in [0.29, 0.717) is 17.3 Å². The number of hydrogen-bond donors (Lipinski definition) is 2. The monoisotopic (exact) mass is 466 g/mol. The number of hydrogen-bond acceptors (Lipinski definition) is 6. The van der Waals surface area contributed by atoms with E-state index in [-0.39, 0.29) is 16.8 Å². The van der Waals surface area contributed by atoms with Gasteiger partial charge < -0.3 is 15.0 Å². The van der Waals surface area contributed by atoms with Crippen molar-refractivity contribution in [1.29, 1.82) is 5.41 Å². The lowest BCUT2D eigenvalue weighted by Crippen LogP contribution is -2.54. The third-order valence-corrected chi connectivity index (χ3v) is 8.00. The topological polar surface area (TPSA) is 76.7 Å². The Hall–Kier alpha value is -3.13. The van der Waals surface area contributed by atoms with Gasteiger partial charge in [-0.25, -0.2) is 4.98 Å². The molecule has 35 heavy (non-hydrogen) atoms. The van der Waals surface area contributed by atoms with Gasteiger partial charge in [0.25, 0.3) is 5.56 Å². The van der Waals surface area contributed by atoms with Crippen LogP contribution < -0.4 is 15.8 Å². The van der Waals surface area contributed by atoms with Gasteiger partial charge in [0.1, 0.15) is 5.65 Å². The molecule has 4 aliphatic rings. The normalized spacial score (nSPS) is 24.0. The standard InChI is InChI=1S/C27H31BN6O/c1-17(2)14-30-26-19(11-18-3-5-21(18)26)12-22(29)23-13-25(35)33-15-20(4-6-24(33)31-23)32-9-10-34(28)27(16-32)7-8-27/h4,6,12-15,18,29-30H,3,5,7-11,16H2,1-2H3/b19-12-,29-22?. The number of pyridine rings is 1. The largest absolute Gasteiger partial charge is 0.367 e. The van der Waals surface area contributed by atoms with Crippen LogP contribution in [0, 0.1) is 11.3 Å². The molecule has 8 heteroatoms. The third kappa shape index (κ3) is 3.94. The van der Waals surface area contributed by atoms with E-state index in [1.807, 2.05) is 35.4 Å². The number of rotatable bonds is 5. The van der Waals surface area contributed by atoms with E-state index < -0.39 is 0 Å². The second kappa shape index (κ2) is 8.23. The summed E-state index contributed by atoms with van der Waals surface area (Å²) in [6.45, 7) is 6.67. The fourth-order valence-electron chi connectivity index (χ4n) is 5.62. The summed E-state index contributed by atoms with van der Waals surface area (Å²) in [5.74, 6) is 0.589. The van der Waals surface area contributed by atoms with Gasteiger partial charge in [0.05, 0.1) is 17.1 Å². The lowest BCUT2D eigenvalue weighted by molar-refractivity contribution is 0.283. The molecule has 2 aromatic rings. The van der Waals surface area contributed by atoms with Crippen molar-refractivity contribution in [1.82, 2.24) is 19.5 Å². The molecular weight excluding hydrogens is 435 g/mol. The van der Waals surface area contributed by atoms with Gasteiger partial charge in [-0.2, -0.15) is 0 Å². The molecule has 3 aliphatic carbocycles. The molecule has 2 saturated carbocycles. The van der Waals surface area contributed by atoms with Crippen molar-refractivity contribution in [3.8, 4) is 0 Å². The maximum absolute atomic E-state index is 13.1. The van der Waals surface area contributed by atoms with Gasteiger partial charge in [-0.3, -0.25) is 14.6 Å². The highest BCUT2D eigenvalue weighted by atomic mass is 16.1. The Morgan fingerprint density at radius 1 is 1.29 bits per heavy atom. The SMILES string of the molecule is [B]N1CCN(c2ccc3nc(C(=N)/C=C4/CC5CCC5=C4NC=C(C)C)cc(=O)n3c2)CC12CC2. The smallest absolute Gasteiger partial charge is 0.258 e. The molecule has 1 atom stereocenters. The van der Waals surface area contributed by atoms with Crippen molar-refractivity contribution in [2.75, 3.05) is 24.5 Å². The predicted molar refractivity (Wildman–Crippen MR) is 140 cm³/mol. The molecule has 2 N–H and O–H groups in total. The van der Waals surface area contributed by atoms with Crippen molar-refractivity contribution in [3.63, 3.8) is 0 Å². The molecular formula is C27H31BN6O. The van der Waals surface area contributed by atoms with Crippen LogP contribution in [0.1, 0.15) is 51.6 Å². The number of aromatic nitrogens is 2. The maximum Gasteiger partial charge on any atom is 0.258 e. The van der Waals surface area contributed by atoms with Gasteiger partial charge >= 0.3 is 0 Å². The van der Waals surface area contributed by atoms with Crippen LogP contribution in [0.25, 0.3) is 5.65 Å². The van der Waals surface area contributed by atoms with Crippen molar-refractivity contribution in [2.45, 2.75) is 51.5 Å². The molecule has 6 rings (SSSR count). The van der Waals surface area contributed by atoms with E-state index >= 15 is 0 Å². The minimum Gasteiger partial charge on any atom is -0.367 e. The summed E-state index contributed by atoms with van der Waals surface area (Å²) >= 11 is 0. The molecule has 1 unspecified atom stereocenters. The lowest BCUT2D eigenvalue weighted by atomic mass is 9.81. The first-order valence-corrected chi connectivity index (χ1v) is 12.6. The predicted octanol–water partition coefficient (Wildman–Crippen LogP) is 3.31. The maximum atomic E-state index is 13.1. The van der Waals surface area contributed by atoms with Crippen LogP contribution in [-0.2, 0) is 0 Å². The van der Waals surface area contributed by atoms with E-state index in [0.717, 1.165) is 62.3 Å². The van der Waals surface area contributed by atoms with E-state index in [4.69, 9.17) is 13.4 Å². The van der Waals surface area contributed by atoms with Gasteiger partial charge in [0, 0.05) is 43.1 Å². The average Bonchev–Trinajstić information content (AvgIpc) is 3.55. The molecule has 2 aromatic heterocycles. The highest BCUT2D eigenvalue weighted by Crippen LogP contribution is 2.48. The van der Waals surface area contributed by atoms with Gasteiger partial charge in [0.15, 0.2) is 7.98 Å².